The molecule has 6 nitrogen and oxygen atoms in total. The maximum atomic E-state index is 13.3. The summed E-state index contributed by atoms with van der Waals surface area (Å²) in [5, 5.41) is 18.9. The number of hydrogen-bond acceptors (Lipinski definition) is 5. The second-order valence-corrected chi connectivity index (χ2v) is 8.20. The first-order chi connectivity index (χ1) is 14.3. The number of nitriles is 2. The van der Waals surface area contributed by atoms with E-state index in [-0.39, 0.29) is 28.7 Å². The van der Waals surface area contributed by atoms with Crippen molar-refractivity contribution in [3.63, 3.8) is 0 Å². The molecule has 4 rings (SSSR count). The molecule has 2 aliphatic rings. The van der Waals surface area contributed by atoms with Crippen molar-refractivity contribution < 1.29 is 14.3 Å². The highest BCUT2D eigenvalue weighted by molar-refractivity contribution is 6.35. The number of carbonyl (C=O) groups excluding carboxylic acids is 2. The van der Waals surface area contributed by atoms with Gasteiger partial charge in [-0.2, -0.15) is 10.5 Å². The predicted octanol–water partition coefficient (Wildman–Crippen LogP) is 4.34. The van der Waals surface area contributed by atoms with E-state index in [1.165, 1.54) is 0 Å². The first-order valence-corrected chi connectivity index (χ1v) is 9.63. The van der Waals surface area contributed by atoms with Gasteiger partial charge in [0.15, 0.2) is 0 Å². The summed E-state index contributed by atoms with van der Waals surface area (Å²) in [7, 11) is 0. The summed E-state index contributed by atoms with van der Waals surface area (Å²) in [5.41, 5.74) is 1.78. The molecule has 0 saturated carbocycles. The normalized spacial score (nSPS) is 18.3. The lowest BCUT2D eigenvalue weighted by molar-refractivity contribution is -0.114. The molecule has 2 aromatic rings. The molecule has 0 aliphatic carbocycles. The molecule has 0 saturated heterocycles. The van der Waals surface area contributed by atoms with E-state index >= 15 is 0 Å². The van der Waals surface area contributed by atoms with Crippen molar-refractivity contribution >= 4 is 23.1 Å². The van der Waals surface area contributed by atoms with E-state index in [0.717, 1.165) is 5.56 Å². The highest BCUT2D eigenvalue weighted by Crippen LogP contribution is 2.53. The second-order valence-electron chi connectivity index (χ2n) is 8.20. The lowest BCUT2D eigenvalue weighted by atomic mass is 9.80. The number of hydrogen-bond donors (Lipinski definition) is 0. The maximum absolute atomic E-state index is 13.3. The number of allylic oxidation sites excluding steroid dienone is 1. The quantitative estimate of drug-likeness (QED) is 0.325. The third-order valence-corrected chi connectivity index (χ3v) is 5.66. The van der Waals surface area contributed by atoms with Crippen LogP contribution in [0.4, 0.5) is 5.69 Å². The summed E-state index contributed by atoms with van der Waals surface area (Å²) in [6.07, 6.45) is 0.697. The molecular weight excluding hydrogens is 378 g/mol. The Balaban J connectivity index is 1.91. The van der Waals surface area contributed by atoms with Gasteiger partial charge in [0.05, 0.1) is 16.8 Å². The van der Waals surface area contributed by atoms with Crippen molar-refractivity contribution in [1.82, 2.24) is 0 Å². The SMILES string of the molecule is C[C@H]1CC(C)(C)N2C(=O)C(=C(C#N)C#N)c3cc(OC(=O)c4ccccc4)cc1c32. The van der Waals surface area contributed by atoms with Gasteiger partial charge in [-0.15, -0.1) is 0 Å². The molecule has 1 atom stereocenters. The molecular formula is C24H19N3O3. The Bertz CT molecular complexity index is 1180. The van der Waals surface area contributed by atoms with Crippen LogP contribution < -0.4 is 9.64 Å². The van der Waals surface area contributed by atoms with Gasteiger partial charge in [-0.05, 0) is 56.0 Å². The molecule has 2 heterocycles. The molecule has 2 aliphatic heterocycles. The predicted molar refractivity (Wildman–Crippen MR) is 111 cm³/mol. The standard InChI is InChI=1S/C24H19N3O3/c1-14-11-24(2,3)27-21-18(14)9-17(30-23(29)15-7-5-4-6-8-15)10-19(21)20(22(27)28)16(12-25)13-26/h4-10,14H,11H2,1-3H3/t14-/m0/s1. The third-order valence-electron chi connectivity index (χ3n) is 5.66. The molecule has 6 heteroatoms. The third kappa shape index (κ3) is 2.86. The van der Waals surface area contributed by atoms with Gasteiger partial charge >= 0.3 is 5.97 Å². The van der Waals surface area contributed by atoms with E-state index in [1.807, 2.05) is 32.1 Å². The van der Waals surface area contributed by atoms with Crippen molar-refractivity contribution in [1.29, 1.82) is 10.5 Å². The first-order valence-electron chi connectivity index (χ1n) is 9.63. The van der Waals surface area contributed by atoms with Crippen LogP contribution in [0.25, 0.3) is 5.57 Å². The fourth-order valence-electron chi connectivity index (χ4n) is 4.48. The number of ether oxygens (including phenoxy) is 1. The van der Waals surface area contributed by atoms with Gasteiger partial charge in [-0.3, -0.25) is 4.79 Å². The van der Waals surface area contributed by atoms with Crippen LogP contribution in [0.3, 0.4) is 0 Å². The topological polar surface area (TPSA) is 94.2 Å². The van der Waals surface area contributed by atoms with Crippen molar-refractivity contribution in [3.8, 4) is 17.9 Å². The minimum atomic E-state index is -0.515. The van der Waals surface area contributed by atoms with Crippen molar-refractivity contribution in [3.05, 3.63) is 64.7 Å². The van der Waals surface area contributed by atoms with Gasteiger partial charge in [-0.25, -0.2) is 4.79 Å². The molecule has 0 fully saturated rings. The van der Waals surface area contributed by atoms with Gasteiger partial charge in [0, 0.05) is 11.1 Å². The highest BCUT2D eigenvalue weighted by Gasteiger charge is 2.48. The monoisotopic (exact) mass is 397 g/mol. The van der Waals surface area contributed by atoms with Gasteiger partial charge < -0.3 is 9.64 Å². The Labute approximate surface area is 174 Å². The van der Waals surface area contributed by atoms with Gasteiger partial charge in [-0.1, -0.05) is 25.1 Å². The van der Waals surface area contributed by atoms with Crippen LogP contribution in [0.15, 0.2) is 48.0 Å². The average molecular weight is 397 g/mol. The summed E-state index contributed by atoms with van der Waals surface area (Å²) in [5.74, 6) is -0.501. The molecule has 1 amide bonds. The maximum Gasteiger partial charge on any atom is 0.343 e. The zero-order valence-electron chi connectivity index (χ0n) is 16.9. The van der Waals surface area contributed by atoms with Crippen LogP contribution in [0, 0.1) is 22.7 Å². The lowest BCUT2D eigenvalue weighted by Crippen LogP contribution is -2.49. The van der Waals surface area contributed by atoms with Crippen molar-refractivity contribution in [2.75, 3.05) is 4.90 Å². The Hall–Kier alpha value is -3.90. The first kappa shape index (κ1) is 19.4. The zero-order valence-corrected chi connectivity index (χ0v) is 16.9. The van der Waals surface area contributed by atoms with E-state index in [4.69, 9.17) is 4.74 Å². The molecule has 0 N–H and O–H groups in total. The number of anilines is 1. The largest absolute Gasteiger partial charge is 0.423 e. The summed E-state index contributed by atoms with van der Waals surface area (Å²) in [6.45, 7) is 6.00. The van der Waals surface area contributed by atoms with Crippen LogP contribution in [0.2, 0.25) is 0 Å². The Kier molecular flexibility index (Phi) is 4.44. The minimum absolute atomic E-state index is 0.0658. The van der Waals surface area contributed by atoms with Crippen LogP contribution in [-0.2, 0) is 4.79 Å². The number of carbonyl (C=O) groups is 2. The van der Waals surface area contributed by atoms with E-state index in [0.29, 0.717) is 23.2 Å². The molecule has 0 radical (unpaired) electrons. The van der Waals surface area contributed by atoms with Crippen LogP contribution >= 0.6 is 0 Å². The lowest BCUT2D eigenvalue weighted by Gasteiger charge is -2.43. The Morgan fingerprint density at radius 2 is 1.83 bits per heavy atom. The average Bonchev–Trinajstić information content (AvgIpc) is 3.01. The van der Waals surface area contributed by atoms with E-state index in [2.05, 4.69) is 6.92 Å². The van der Waals surface area contributed by atoms with Crippen LogP contribution in [0.5, 0.6) is 5.75 Å². The highest BCUT2D eigenvalue weighted by atomic mass is 16.5. The molecule has 0 bridgehead atoms. The molecule has 0 unspecified atom stereocenters. The fraction of sp³-hybridized carbons (Fsp3) is 0.250. The van der Waals surface area contributed by atoms with Gasteiger partial charge in [0.1, 0.15) is 23.5 Å². The Morgan fingerprint density at radius 1 is 1.17 bits per heavy atom. The summed E-state index contributed by atoms with van der Waals surface area (Å²) in [4.78, 5) is 27.5. The number of amides is 1. The van der Waals surface area contributed by atoms with Gasteiger partial charge in [0.2, 0.25) is 0 Å². The summed E-state index contributed by atoms with van der Waals surface area (Å²) >= 11 is 0. The Morgan fingerprint density at radius 3 is 2.47 bits per heavy atom. The van der Waals surface area contributed by atoms with Gasteiger partial charge in [0.25, 0.3) is 5.91 Å². The van der Waals surface area contributed by atoms with E-state index in [1.54, 1.807) is 41.3 Å². The summed E-state index contributed by atoms with van der Waals surface area (Å²) < 4.78 is 5.60. The second kappa shape index (κ2) is 6.86. The molecule has 30 heavy (non-hydrogen) atoms. The number of nitrogens with zero attached hydrogens (tertiary/aromatic N) is 3. The van der Waals surface area contributed by atoms with E-state index < -0.39 is 11.5 Å². The van der Waals surface area contributed by atoms with Crippen LogP contribution in [-0.4, -0.2) is 17.4 Å². The smallest absolute Gasteiger partial charge is 0.343 e. The molecule has 2 aromatic carbocycles. The van der Waals surface area contributed by atoms with Crippen LogP contribution in [0.1, 0.15) is 54.6 Å². The van der Waals surface area contributed by atoms with E-state index in [9.17, 15) is 20.1 Å². The number of rotatable bonds is 2. The number of esters is 1. The zero-order chi connectivity index (χ0) is 21.6. The molecule has 0 aromatic heterocycles. The van der Waals surface area contributed by atoms with Crippen molar-refractivity contribution in [2.45, 2.75) is 38.6 Å². The minimum Gasteiger partial charge on any atom is -0.423 e. The molecule has 0 spiro atoms. The van der Waals surface area contributed by atoms with Crippen molar-refractivity contribution in [2.24, 2.45) is 0 Å². The number of benzene rings is 2. The fourth-order valence-corrected chi connectivity index (χ4v) is 4.48. The summed E-state index contributed by atoms with van der Waals surface area (Å²) in [6, 6.07) is 15.6. The molecule has 148 valence electrons.